The third kappa shape index (κ3) is 7.95. The van der Waals surface area contributed by atoms with Crippen LogP contribution < -0.4 is 15.4 Å². The monoisotopic (exact) mass is 438 g/mol. The number of unbranched alkanes of at least 4 members (excludes halogenated alkanes) is 1. The van der Waals surface area contributed by atoms with Crippen molar-refractivity contribution in [2.75, 3.05) is 46.4 Å². The maximum absolute atomic E-state index is 12.6. The van der Waals surface area contributed by atoms with Crippen LogP contribution in [0.25, 0.3) is 0 Å². The molecular formula is C18H26Cl2F2N4O2. The van der Waals surface area contributed by atoms with E-state index in [9.17, 15) is 8.78 Å². The topological polar surface area (TPSA) is 58.1 Å². The summed E-state index contributed by atoms with van der Waals surface area (Å²) in [5.41, 5.74) is 0.424. The van der Waals surface area contributed by atoms with E-state index in [1.54, 1.807) is 7.05 Å². The Bertz CT molecular complexity index is 644. The van der Waals surface area contributed by atoms with Crippen LogP contribution in [0.4, 0.5) is 8.78 Å². The van der Waals surface area contributed by atoms with Crippen molar-refractivity contribution < 1.29 is 18.3 Å². The summed E-state index contributed by atoms with van der Waals surface area (Å²) in [5.74, 6) is 0.472. The number of hydrogen-bond donors (Lipinski definition) is 2. The lowest BCUT2D eigenvalue weighted by Gasteiger charge is -2.26. The van der Waals surface area contributed by atoms with Crippen LogP contribution in [0.5, 0.6) is 5.75 Å². The smallest absolute Gasteiger partial charge is 0.387 e. The van der Waals surface area contributed by atoms with E-state index in [4.69, 9.17) is 27.9 Å². The molecule has 1 aromatic carbocycles. The average molecular weight is 439 g/mol. The van der Waals surface area contributed by atoms with Crippen LogP contribution >= 0.6 is 23.2 Å². The molecule has 1 aliphatic rings. The summed E-state index contributed by atoms with van der Waals surface area (Å²) in [5, 5.41) is 6.65. The minimum Gasteiger partial charge on any atom is -0.433 e. The van der Waals surface area contributed by atoms with Gasteiger partial charge in [0.25, 0.3) is 0 Å². The lowest BCUT2D eigenvalue weighted by Crippen LogP contribution is -2.38. The SMILES string of the molecule is CN=C(NCCCCN1CCOCC1)NCc1cc(Cl)cc(Cl)c1OC(F)F. The van der Waals surface area contributed by atoms with Gasteiger partial charge in [0.15, 0.2) is 5.96 Å². The molecule has 10 heteroatoms. The van der Waals surface area contributed by atoms with Gasteiger partial charge in [-0.25, -0.2) is 0 Å². The Morgan fingerprint density at radius 2 is 2.00 bits per heavy atom. The van der Waals surface area contributed by atoms with E-state index in [0.29, 0.717) is 16.5 Å². The fourth-order valence-electron chi connectivity index (χ4n) is 2.86. The van der Waals surface area contributed by atoms with E-state index < -0.39 is 6.61 Å². The molecule has 1 heterocycles. The molecule has 28 heavy (non-hydrogen) atoms. The van der Waals surface area contributed by atoms with Crippen LogP contribution in [0.15, 0.2) is 17.1 Å². The van der Waals surface area contributed by atoms with Crippen molar-refractivity contribution in [1.82, 2.24) is 15.5 Å². The van der Waals surface area contributed by atoms with E-state index in [1.165, 1.54) is 12.1 Å². The first-order chi connectivity index (χ1) is 13.5. The van der Waals surface area contributed by atoms with Gasteiger partial charge in [-0.15, -0.1) is 0 Å². The Hall–Kier alpha value is -1.35. The predicted octanol–water partition coefficient (Wildman–Crippen LogP) is 3.37. The Kier molecular flexibility index (Phi) is 10.0. The number of halogens is 4. The van der Waals surface area contributed by atoms with Crippen LogP contribution in [-0.2, 0) is 11.3 Å². The number of hydrogen-bond acceptors (Lipinski definition) is 4. The van der Waals surface area contributed by atoms with Crippen LogP contribution in [0.1, 0.15) is 18.4 Å². The number of morpholine rings is 1. The Balaban J connectivity index is 1.77. The molecule has 1 saturated heterocycles. The number of rotatable bonds is 9. The first-order valence-electron chi connectivity index (χ1n) is 9.17. The molecule has 2 rings (SSSR count). The highest BCUT2D eigenvalue weighted by Crippen LogP contribution is 2.33. The minimum atomic E-state index is -2.97. The molecular weight excluding hydrogens is 413 g/mol. The average Bonchev–Trinajstić information content (AvgIpc) is 2.67. The molecule has 0 amide bonds. The third-order valence-corrected chi connectivity index (χ3v) is 4.76. The molecule has 0 spiro atoms. The van der Waals surface area contributed by atoms with Crippen LogP contribution in [0.2, 0.25) is 10.0 Å². The van der Waals surface area contributed by atoms with Crippen molar-refractivity contribution in [3.05, 3.63) is 27.7 Å². The van der Waals surface area contributed by atoms with Gasteiger partial charge in [0.1, 0.15) is 5.75 Å². The van der Waals surface area contributed by atoms with Gasteiger partial charge in [-0.1, -0.05) is 23.2 Å². The summed E-state index contributed by atoms with van der Waals surface area (Å²) < 4.78 is 35.1. The standard InChI is InChI=1S/C18H26Cl2F2N4O2/c1-23-18(24-4-2-3-5-26-6-8-27-9-7-26)25-12-13-10-14(19)11-15(20)16(13)28-17(21)22/h10-11,17H,2-9,12H2,1H3,(H2,23,24,25). The van der Waals surface area contributed by atoms with Gasteiger partial charge in [-0.2, -0.15) is 8.78 Å². The van der Waals surface area contributed by atoms with E-state index in [1.807, 2.05) is 0 Å². The predicted molar refractivity (Wildman–Crippen MR) is 108 cm³/mol. The lowest BCUT2D eigenvalue weighted by atomic mass is 10.2. The summed E-state index contributed by atoms with van der Waals surface area (Å²) in [7, 11) is 1.64. The van der Waals surface area contributed by atoms with Gasteiger partial charge in [-0.3, -0.25) is 9.89 Å². The number of nitrogens with one attached hydrogen (secondary N) is 2. The zero-order chi connectivity index (χ0) is 20.4. The molecule has 6 nitrogen and oxygen atoms in total. The Morgan fingerprint density at radius 1 is 1.25 bits per heavy atom. The molecule has 1 aliphatic heterocycles. The highest BCUT2D eigenvalue weighted by molar-refractivity contribution is 6.35. The summed E-state index contributed by atoms with van der Waals surface area (Å²) in [6, 6.07) is 2.90. The first-order valence-corrected chi connectivity index (χ1v) is 9.92. The van der Waals surface area contributed by atoms with Crippen molar-refractivity contribution in [2.24, 2.45) is 4.99 Å². The number of nitrogens with zero attached hydrogens (tertiary/aromatic N) is 2. The molecule has 158 valence electrons. The molecule has 0 saturated carbocycles. The second kappa shape index (κ2) is 12.3. The summed E-state index contributed by atoms with van der Waals surface area (Å²) in [6.07, 6.45) is 2.06. The highest BCUT2D eigenvalue weighted by Gasteiger charge is 2.15. The van der Waals surface area contributed by atoms with Crippen LogP contribution in [-0.4, -0.2) is 63.9 Å². The molecule has 0 aliphatic carbocycles. The summed E-state index contributed by atoms with van der Waals surface area (Å²) >= 11 is 12.0. The quantitative estimate of drug-likeness (QED) is 0.351. The molecule has 0 atom stereocenters. The van der Waals surface area contributed by atoms with Crippen LogP contribution in [0, 0.1) is 0 Å². The van der Waals surface area contributed by atoms with Gasteiger partial charge < -0.3 is 20.1 Å². The zero-order valence-corrected chi connectivity index (χ0v) is 17.3. The number of benzene rings is 1. The zero-order valence-electron chi connectivity index (χ0n) is 15.8. The molecule has 2 N–H and O–H groups in total. The molecule has 0 radical (unpaired) electrons. The fraction of sp³-hybridized carbons (Fsp3) is 0.611. The Morgan fingerprint density at radius 3 is 2.68 bits per heavy atom. The van der Waals surface area contributed by atoms with E-state index in [-0.39, 0.29) is 17.3 Å². The largest absolute Gasteiger partial charge is 0.433 e. The number of alkyl halides is 2. The first kappa shape index (κ1) is 22.9. The van der Waals surface area contributed by atoms with Crippen molar-refractivity contribution in [3.8, 4) is 5.75 Å². The lowest BCUT2D eigenvalue weighted by molar-refractivity contribution is -0.0504. The van der Waals surface area contributed by atoms with Gasteiger partial charge >= 0.3 is 6.61 Å². The third-order valence-electron chi connectivity index (χ3n) is 4.26. The molecule has 1 aromatic rings. The van der Waals surface area contributed by atoms with E-state index in [0.717, 1.165) is 52.2 Å². The van der Waals surface area contributed by atoms with Gasteiger partial charge in [0.05, 0.1) is 18.2 Å². The van der Waals surface area contributed by atoms with Crippen LogP contribution in [0.3, 0.4) is 0 Å². The number of ether oxygens (including phenoxy) is 2. The van der Waals surface area contributed by atoms with Gasteiger partial charge in [0, 0.05) is 43.8 Å². The van der Waals surface area contributed by atoms with Crippen molar-refractivity contribution >= 4 is 29.2 Å². The Labute approximate surface area is 174 Å². The van der Waals surface area contributed by atoms with Gasteiger partial charge in [-0.05, 0) is 31.5 Å². The maximum Gasteiger partial charge on any atom is 0.387 e. The second-order valence-electron chi connectivity index (χ2n) is 6.27. The normalized spacial score (nSPS) is 15.7. The molecule has 1 fully saturated rings. The summed E-state index contributed by atoms with van der Waals surface area (Å²) in [6.45, 7) is 2.60. The molecule has 0 aromatic heterocycles. The number of aliphatic imine (C=N–C) groups is 1. The maximum atomic E-state index is 12.6. The summed E-state index contributed by atoms with van der Waals surface area (Å²) in [4.78, 5) is 6.53. The van der Waals surface area contributed by atoms with Crippen molar-refractivity contribution in [1.29, 1.82) is 0 Å². The number of guanidine groups is 1. The fourth-order valence-corrected chi connectivity index (χ4v) is 3.44. The van der Waals surface area contributed by atoms with E-state index >= 15 is 0 Å². The highest BCUT2D eigenvalue weighted by atomic mass is 35.5. The molecule has 0 unspecified atom stereocenters. The minimum absolute atomic E-state index is 0.0376. The van der Waals surface area contributed by atoms with E-state index in [2.05, 4.69) is 25.3 Å². The molecule has 0 bridgehead atoms. The van der Waals surface area contributed by atoms with Crippen molar-refractivity contribution in [2.45, 2.75) is 26.0 Å². The van der Waals surface area contributed by atoms with Crippen molar-refractivity contribution in [3.63, 3.8) is 0 Å². The van der Waals surface area contributed by atoms with Gasteiger partial charge in [0.2, 0.25) is 0 Å². The second-order valence-corrected chi connectivity index (χ2v) is 7.11.